The van der Waals surface area contributed by atoms with Crippen molar-refractivity contribution in [3.05, 3.63) is 212 Å². The van der Waals surface area contributed by atoms with Crippen LogP contribution in [0.5, 0.6) is 0 Å². The zero-order valence-corrected chi connectivity index (χ0v) is 30.5. The molecule has 0 aliphatic carbocycles. The van der Waals surface area contributed by atoms with E-state index >= 15 is 0 Å². The Bertz CT molecular complexity index is 3190. The first-order valence-electron chi connectivity index (χ1n) is 19.1. The number of hydrogen-bond acceptors (Lipinski definition) is 1. The average molecular weight is 714 g/mol. The van der Waals surface area contributed by atoms with Crippen molar-refractivity contribution in [2.24, 2.45) is 0 Å². The molecule has 0 aliphatic rings. The van der Waals surface area contributed by atoms with Crippen LogP contribution in [0.4, 0.5) is 0 Å². The summed E-state index contributed by atoms with van der Waals surface area (Å²) in [7, 11) is 0. The highest BCUT2D eigenvalue weighted by atomic mass is 15.0. The number of benzene rings is 8. The molecule has 262 valence electrons. The predicted molar refractivity (Wildman–Crippen MR) is 235 cm³/mol. The van der Waals surface area contributed by atoms with E-state index in [1.807, 2.05) is 0 Å². The molecule has 0 atom stereocenters. The van der Waals surface area contributed by atoms with E-state index in [9.17, 15) is 0 Å². The number of nitrogens with zero attached hydrogens (tertiary/aromatic N) is 3. The van der Waals surface area contributed by atoms with E-state index in [2.05, 4.69) is 221 Å². The third kappa shape index (κ3) is 5.25. The van der Waals surface area contributed by atoms with Gasteiger partial charge in [0, 0.05) is 44.0 Å². The van der Waals surface area contributed by atoms with E-state index in [-0.39, 0.29) is 0 Å². The number of aromatic nitrogens is 3. The molecule has 0 spiro atoms. The molecule has 56 heavy (non-hydrogen) atoms. The van der Waals surface area contributed by atoms with Crippen LogP contribution in [0.1, 0.15) is 0 Å². The Labute approximate surface area is 325 Å². The number of pyridine rings is 1. The third-order valence-electron chi connectivity index (χ3n) is 11.1. The molecule has 3 aromatic heterocycles. The smallest absolute Gasteiger partial charge is 0.0788 e. The lowest BCUT2D eigenvalue weighted by atomic mass is 9.97. The zero-order chi connectivity index (χ0) is 37.0. The molecule has 8 aromatic carbocycles. The molecular weight excluding hydrogens is 679 g/mol. The van der Waals surface area contributed by atoms with Gasteiger partial charge in [-0.15, -0.1) is 0 Å². The van der Waals surface area contributed by atoms with Crippen molar-refractivity contribution >= 4 is 43.6 Å². The van der Waals surface area contributed by atoms with Crippen LogP contribution in [-0.2, 0) is 0 Å². The summed E-state index contributed by atoms with van der Waals surface area (Å²) < 4.78 is 4.88. The van der Waals surface area contributed by atoms with E-state index < -0.39 is 0 Å². The SMILES string of the molecule is c1ccc(-c2ccc(-c3cc(-c4ccccc4)nc(-c4ccc(-n5c6ccccc6c6ccc7c8ccccc8n(-c8ccccc8)c7c65)cc4)c3)cc2)cc1. The Hall–Kier alpha value is -7.49. The van der Waals surface area contributed by atoms with Gasteiger partial charge in [-0.25, -0.2) is 4.98 Å². The predicted octanol–water partition coefficient (Wildman–Crippen LogP) is 13.9. The molecule has 0 amide bonds. The summed E-state index contributed by atoms with van der Waals surface area (Å²) in [5.74, 6) is 0. The largest absolute Gasteiger partial charge is 0.307 e. The van der Waals surface area contributed by atoms with Gasteiger partial charge in [0.2, 0.25) is 0 Å². The van der Waals surface area contributed by atoms with Gasteiger partial charge in [0.15, 0.2) is 0 Å². The first-order valence-corrected chi connectivity index (χ1v) is 19.1. The van der Waals surface area contributed by atoms with Crippen molar-refractivity contribution in [3.63, 3.8) is 0 Å². The standard InChI is InChI=1S/C53H35N3/c1-4-14-36(15-5-1)37-24-26-38(27-25-37)41-34-48(39-16-6-2-7-17-39)54-49(35-41)40-28-30-43(31-29-40)56-51-23-13-11-21-45(51)47-33-32-46-44-20-10-12-22-50(44)55(52(46)53(47)56)42-18-8-3-9-19-42/h1-35H. The van der Waals surface area contributed by atoms with Crippen LogP contribution in [0.25, 0.3) is 99.8 Å². The minimum Gasteiger partial charge on any atom is -0.307 e. The minimum absolute atomic E-state index is 0.939. The molecule has 3 heteroatoms. The third-order valence-corrected chi connectivity index (χ3v) is 11.1. The van der Waals surface area contributed by atoms with Crippen LogP contribution >= 0.6 is 0 Å². The second-order valence-electron chi connectivity index (χ2n) is 14.4. The topological polar surface area (TPSA) is 22.8 Å². The lowest BCUT2D eigenvalue weighted by molar-refractivity contribution is 1.15. The van der Waals surface area contributed by atoms with Crippen molar-refractivity contribution < 1.29 is 0 Å². The van der Waals surface area contributed by atoms with Crippen LogP contribution in [0.2, 0.25) is 0 Å². The maximum Gasteiger partial charge on any atom is 0.0788 e. The molecule has 11 rings (SSSR count). The second kappa shape index (κ2) is 13.1. The first-order chi connectivity index (χ1) is 27.8. The minimum atomic E-state index is 0.939. The Morgan fingerprint density at radius 3 is 1.18 bits per heavy atom. The van der Waals surface area contributed by atoms with Gasteiger partial charge in [-0.1, -0.05) is 164 Å². The molecule has 3 heterocycles. The summed E-state index contributed by atoms with van der Waals surface area (Å²) in [4.78, 5) is 5.26. The van der Waals surface area contributed by atoms with Gasteiger partial charge in [-0.2, -0.15) is 0 Å². The molecular formula is C53H35N3. The van der Waals surface area contributed by atoms with Crippen molar-refractivity contribution in [1.82, 2.24) is 14.1 Å². The molecule has 0 bridgehead atoms. The summed E-state index contributed by atoms with van der Waals surface area (Å²) >= 11 is 0. The quantitative estimate of drug-likeness (QED) is 0.168. The highest BCUT2D eigenvalue weighted by Crippen LogP contribution is 2.42. The summed E-state index contributed by atoms with van der Waals surface area (Å²) in [6.07, 6.45) is 0. The van der Waals surface area contributed by atoms with Gasteiger partial charge >= 0.3 is 0 Å². The van der Waals surface area contributed by atoms with E-state index in [0.717, 1.165) is 45.0 Å². The second-order valence-corrected chi connectivity index (χ2v) is 14.4. The lowest BCUT2D eigenvalue weighted by Gasteiger charge is -2.14. The zero-order valence-electron chi connectivity index (χ0n) is 30.5. The highest BCUT2D eigenvalue weighted by molar-refractivity contribution is 6.23. The number of fused-ring (bicyclic) bond motifs is 7. The summed E-state index contributed by atoms with van der Waals surface area (Å²) in [5, 5.41) is 4.95. The lowest BCUT2D eigenvalue weighted by Crippen LogP contribution is -1.98. The van der Waals surface area contributed by atoms with Crippen LogP contribution in [0.15, 0.2) is 212 Å². The van der Waals surface area contributed by atoms with E-state index in [1.54, 1.807) is 0 Å². The fourth-order valence-corrected chi connectivity index (χ4v) is 8.48. The highest BCUT2D eigenvalue weighted by Gasteiger charge is 2.21. The van der Waals surface area contributed by atoms with Crippen molar-refractivity contribution in [2.75, 3.05) is 0 Å². The number of rotatable bonds is 6. The van der Waals surface area contributed by atoms with Gasteiger partial charge in [-0.3, -0.25) is 0 Å². The molecule has 0 fully saturated rings. The normalized spacial score (nSPS) is 11.6. The molecule has 0 saturated carbocycles. The monoisotopic (exact) mass is 713 g/mol. The van der Waals surface area contributed by atoms with Gasteiger partial charge in [0.05, 0.1) is 33.5 Å². The maximum absolute atomic E-state index is 5.26. The Kier molecular flexibility index (Phi) is 7.49. The number of para-hydroxylation sites is 3. The van der Waals surface area contributed by atoms with E-state index in [1.165, 1.54) is 54.7 Å². The van der Waals surface area contributed by atoms with Crippen LogP contribution in [-0.4, -0.2) is 14.1 Å². The Morgan fingerprint density at radius 2 is 0.643 bits per heavy atom. The van der Waals surface area contributed by atoms with Crippen LogP contribution in [0, 0.1) is 0 Å². The first kappa shape index (κ1) is 32.0. The maximum atomic E-state index is 5.26. The Balaban J connectivity index is 1.09. The van der Waals surface area contributed by atoms with Crippen molar-refractivity contribution in [3.8, 4) is 56.1 Å². The molecule has 0 N–H and O–H groups in total. The summed E-state index contributed by atoms with van der Waals surface area (Å²) in [5.41, 5.74) is 15.8. The summed E-state index contributed by atoms with van der Waals surface area (Å²) in [6, 6.07) is 76.1. The molecule has 0 unspecified atom stereocenters. The molecule has 11 aromatic rings. The van der Waals surface area contributed by atoms with Crippen LogP contribution in [0.3, 0.4) is 0 Å². The van der Waals surface area contributed by atoms with Gasteiger partial charge in [0.25, 0.3) is 0 Å². The van der Waals surface area contributed by atoms with Gasteiger partial charge in [0.1, 0.15) is 0 Å². The van der Waals surface area contributed by atoms with Crippen molar-refractivity contribution in [1.29, 1.82) is 0 Å². The molecule has 0 aliphatic heterocycles. The Morgan fingerprint density at radius 1 is 0.268 bits per heavy atom. The van der Waals surface area contributed by atoms with E-state index in [4.69, 9.17) is 4.98 Å². The van der Waals surface area contributed by atoms with Crippen LogP contribution < -0.4 is 0 Å². The molecule has 3 nitrogen and oxygen atoms in total. The summed E-state index contributed by atoms with van der Waals surface area (Å²) in [6.45, 7) is 0. The van der Waals surface area contributed by atoms with E-state index in [0.29, 0.717) is 0 Å². The fraction of sp³-hybridized carbons (Fsp3) is 0. The van der Waals surface area contributed by atoms with Gasteiger partial charge < -0.3 is 9.13 Å². The van der Waals surface area contributed by atoms with Gasteiger partial charge in [-0.05, 0) is 70.8 Å². The molecule has 0 radical (unpaired) electrons. The molecule has 0 saturated heterocycles. The number of hydrogen-bond donors (Lipinski definition) is 0. The average Bonchev–Trinajstić information content (AvgIpc) is 3.80. The van der Waals surface area contributed by atoms with Crippen molar-refractivity contribution in [2.45, 2.75) is 0 Å². The fourth-order valence-electron chi connectivity index (χ4n) is 8.48.